The molecule has 1 N–H and O–H groups in total. The molecule has 11 heteroatoms. The van der Waals surface area contributed by atoms with Crippen molar-refractivity contribution in [2.75, 3.05) is 18.0 Å². The second kappa shape index (κ2) is 12.8. The van der Waals surface area contributed by atoms with Gasteiger partial charge in [-0.2, -0.15) is 18.4 Å². The van der Waals surface area contributed by atoms with E-state index in [9.17, 15) is 23.2 Å². The molecule has 0 spiro atoms. The quantitative estimate of drug-likeness (QED) is 0.463. The lowest BCUT2D eigenvalue weighted by Gasteiger charge is -2.32. The van der Waals surface area contributed by atoms with E-state index in [4.69, 9.17) is 4.74 Å². The minimum atomic E-state index is -4.57. The maximum absolute atomic E-state index is 14.1. The maximum Gasteiger partial charge on any atom is 0.416 e. The number of hydrogen-bond acceptors (Lipinski definition) is 6. The highest BCUT2D eigenvalue weighted by molar-refractivity contribution is 5.98. The highest BCUT2D eigenvalue weighted by Crippen LogP contribution is 2.35. The fourth-order valence-electron chi connectivity index (χ4n) is 5.25. The predicted octanol–water partition coefficient (Wildman–Crippen LogP) is 5.64. The Hall–Kier alpha value is -4.14. The zero-order valence-electron chi connectivity index (χ0n) is 23.3. The number of unbranched alkanes of at least 4 members (excludes halogenated alkanes) is 1. The molecule has 2 heterocycles. The summed E-state index contributed by atoms with van der Waals surface area (Å²) in [6.07, 6.45) is 10.2. The van der Waals surface area contributed by atoms with Gasteiger partial charge in [0.05, 0.1) is 36.7 Å². The Morgan fingerprint density at radius 3 is 2.88 bits per heavy atom. The molecule has 5 rings (SSSR count). The molecule has 2 atom stereocenters. The molecule has 2 unspecified atom stereocenters. The molecule has 2 aliphatic carbocycles. The summed E-state index contributed by atoms with van der Waals surface area (Å²) in [4.78, 5) is 19.7. The number of halogens is 3. The van der Waals surface area contributed by atoms with Crippen LogP contribution in [-0.4, -0.2) is 39.7 Å². The third-order valence-corrected chi connectivity index (χ3v) is 7.42. The first-order valence-electron chi connectivity index (χ1n) is 14.1. The monoisotopic (exact) mass is 578 g/mol. The fraction of sp³-hybridized carbons (Fsp3) is 0.387. The Kier molecular flexibility index (Phi) is 8.94. The third-order valence-electron chi connectivity index (χ3n) is 7.42. The van der Waals surface area contributed by atoms with E-state index in [1.807, 2.05) is 22.8 Å². The topological polar surface area (TPSA) is 86.4 Å². The number of fused-ring (bicyclic) bond motifs is 4. The van der Waals surface area contributed by atoms with Crippen molar-refractivity contribution in [1.29, 1.82) is 5.26 Å². The molecule has 0 fully saturated rings. The minimum absolute atomic E-state index is 0.0968. The predicted molar refractivity (Wildman–Crippen MR) is 151 cm³/mol. The molecule has 1 amide bonds. The molecule has 1 aromatic heterocycles. The SMILES string of the molecule is CCCCNN1CC(=O)N(c2cccc(C(F)(F)F)c2)C2=CC=CC(C2)OC2=CC(=CCC2C#N)Cn2cncc2C1. The van der Waals surface area contributed by atoms with Crippen molar-refractivity contribution in [3.63, 3.8) is 0 Å². The number of hydrogen-bond donors (Lipinski definition) is 1. The summed E-state index contributed by atoms with van der Waals surface area (Å²) in [5, 5.41) is 11.6. The Balaban J connectivity index is 1.57. The normalized spacial score (nSPS) is 21.6. The van der Waals surface area contributed by atoms with E-state index in [2.05, 4.69) is 23.4 Å². The van der Waals surface area contributed by atoms with Gasteiger partial charge >= 0.3 is 6.18 Å². The summed E-state index contributed by atoms with van der Waals surface area (Å²) in [5.74, 6) is -0.328. The number of carbonyl (C=O) groups is 1. The zero-order valence-corrected chi connectivity index (χ0v) is 23.3. The van der Waals surface area contributed by atoms with Crippen LogP contribution in [0.4, 0.5) is 18.9 Å². The Bertz CT molecular complexity index is 1470. The van der Waals surface area contributed by atoms with E-state index < -0.39 is 29.7 Å². The number of carbonyl (C=O) groups excluding carboxylic acids is 1. The average molecular weight is 579 g/mol. The van der Waals surface area contributed by atoms with Crippen molar-refractivity contribution in [2.24, 2.45) is 5.92 Å². The summed E-state index contributed by atoms with van der Waals surface area (Å²) in [7, 11) is 0. The number of anilines is 1. The Morgan fingerprint density at radius 2 is 2.10 bits per heavy atom. The van der Waals surface area contributed by atoms with Gasteiger partial charge in [-0.25, -0.2) is 9.99 Å². The molecule has 8 nitrogen and oxygen atoms in total. The molecule has 1 aliphatic heterocycles. The number of alkyl halides is 3. The van der Waals surface area contributed by atoms with E-state index in [1.54, 1.807) is 29.7 Å². The first-order valence-corrected chi connectivity index (χ1v) is 14.1. The number of nitrogens with zero attached hydrogens (tertiary/aromatic N) is 5. The summed E-state index contributed by atoms with van der Waals surface area (Å²) in [6.45, 7) is 3.46. The molecular weight excluding hydrogens is 545 g/mol. The van der Waals surface area contributed by atoms with Gasteiger partial charge in [-0.3, -0.25) is 15.1 Å². The molecule has 0 saturated heterocycles. The van der Waals surface area contributed by atoms with Gasteiger partial charge in [-0.15, -0.1) is 0 Å². The number of benzene rings is 1. The largest absolute Gasteiger partial charge is 0.489 e. The molecule has 4 bridgehead atoms. The highest BCUT2D eigenvalue weighted by atomic mass is 19.4. The zero-order chi connectivity index (χ0) is 29.7. The van der Waals surface area contributed by atoms with Crippen LogP contribution in [0, 0.1) is 17.2 Å². The third kappa shape index (κ3) is 6.83. The van der Waals surface area contributed by atoms with Crippen LogP contribution in [0.1, 0.15) is 43.9 Å². The van der Waals surface area contributed by atoms with Crippen molar-refractivity contribution in [3.8, 4) is 6.07 Å². The van der Waals surface area contributed by atoms with Crippen LogP contribution in [0.25, 0.3) is 0 Å². The van der Waals surface area contributed by atoms with Crippen molar-refractivity contribution >= 4 is 11.6 Å². The van der Waals surface area contributed by atoms with E-state index in [-0.39, 0.29) is 18.7 Å². The second-order valence-electron chi connectivity index (χ2n) is 10.6. The van der Waals surface area contributed by atoms with Crippen LogP contribution >= 0.6 is 0 Å². The molecule has 0 saturated carbocycles. The summed E-state index contributed by atoms with van der Waals surface area (Å²) in [5.41, 5.74) is 4.95. The van der Waals surface area contributed by atoms with Gasteiger partial charge in [0.2, 0.25) is 5.91 Å². The average Bonchev–Trinajstić information content (AvgIpc) is 3.39. The molecule has 220 valence electrons. The van der Waals surface area contributed by atoms with Crippen molar-refractivity contribution in [1.82, 2.24) is 20.0 Å². The lowest BCUT2D eigenvalue weighted by atomic mass is 9.95. The Morgan fingerprint density at radius 1 is 1.24 bits per heavy atom. The smallest absolute Gasteiger partial charge is 0.416 e. The van der Waals surface area contributed by atoms with Gasteiger partial charge < -0.3 is 9.30 Å². The van der Waals surface area contributed by atoms with Gasteiger partial charge in [-0.1, -0.05) is 31.6 Å². The van der Waals surface area contributed by atoms with E-state index >= 15 is 0 Å². The standard InChI is InChI=1S/C31H33F3N6O2/c1-2-3-12-37-39-19-27-17-36-21-38(27)18-22-10-11-23(16-35)29(13-22)42-28-9-5-8-26(15-28)40(30(41)20-39)25-7-4-6-24(14-25)31(32,33)34/h4-10,13-14,17,21,23,28,37H,2-3,11-12,15,18-20H2,1H3. The van der Waals surface area contributed by atoms with Crippen molar-refractivity contribution in [2.45, 2.75) is 58.0 Å². The van der Waals surface area contributed by atoms with Gasteiger partial charge in [0.15, 0.2) is 0 Å². The summed E-state index contributed by atoms with van der Waals surface area (Å²) >= 11 is 0. The van der Waals surface area contributed by atoms with Gasteiger partial charge in [-0.05, 0) is 54.8 Å². The molecule has 0 radical (unpaired) electrons. The first-order chi connectivity index (χ1) is 20.2. The number of hydrazine groups is 1. The Labute approximate surface area is 243 Å². The highest BCUT2D eigenvalue weighted by Gasteiger charge is 2.33. The second-order valence-corrected chi connectivity index (χ2v) is 10.6. The van der Waals surface area contributed by atoms with Crippen molar-refractivity contribution < 1.29 is 22.7 Å². The molecule has 42 heavy (non-hydrogen) atoms. The maximum atomic E-state index is 14.1. The first kappa shape index (κ1) is 29.4. The van der Waals surface area contributed by atoms with E-state index in [0.29, 0.717) is 37.5 Å². The van der Waals surface area contributed by atoms with Crippen LogP contribution in [-0.2, 0) is 28.8 Å². The number of nitriles is 1. The molecule has 1 aromatic carbocycles. The van der Waals surface area contributed by atoms with Crippen molar-refractivity contribution in [3.05, 3.63) is 95.5 Å². The van der Waals surface area contributed by atoms with E-state index in [0.717, 1.165) is 36.2 Å². The minimum Gasteiger partial charge on any atom is -0.489 e. The number of rotatable bonds is 5. The summed E-state index contributed by atoms with van der Waals surface area (Å²) in [6, 6.07) is 7.11. The number of allylic oxidation sites excluding steroid dienone is 6. The number of imidazole rings is 1. The van der Waals surface area contributed by atoms with Crippen LogP contribution < -0.4 is 10.3 Å². The number of ether oxygens (including phenoxy) is 1. The summed E-state index contributed by atoms with van der Waals surface area (Å²) < 4.78 is 49.4. The van der Waals surface area contributed by atoms with Gasteiger partial charge in [0.25, 0.3) is 0 Å². The molecule has 3 aliphatic rings. The molecular formula is C31H33F3N6O2. The lowest BCUT2D eigenvalue weighted by Crippen LogP contribution is -2.47. The van der Waals surface area contributed by atoms with Crippen LogP contribution in [0.15, 0.2) is 84.2 Å². The van der Waals surface area contributed by atoms with Gasteiger partial charge in [0, 0.05) is 37.1 Å². The van der Waals surface area contributed by atoms with Crippen LogP contribution in [0.2, 0.25) is 0 Å². The van der Waals surface area contributed by atoms with E-state index in [1.165, 1.54) is 17.0 Å². The van der Waals surface area contributed by atoms with Crippen LogP contribution in [0.5, 0.6) is 0 Å². The number of nitrogens with one attached hydrogen (secondary N) is 1. The molecule has 2 aromatic rings. The van der Waals surface area contributed by atoms with Crippen LogP contribution in [0.3, 0.4) is 0 Å². The number of amides is 1. The van der Waals surface area contributed by atoms with Gasteiger partial charge in [0.1, 0.15) is 17.8 Å². The number of aromatic nitrogens is 2. The lowest BCUT2D eigenvalue weighted by molar-refractivity contribution is -0.137. The fourth-order valence-corrected chi connectivity index (χ4v) is 5.25.